The highest BCUT2D eigenvalue weighted by molar-refractivity contribution is 6.45. The monoisotopic (exact) mass is 884 g/mol. The fraction of sp³-hybridized carbons (Fsp3) is 0.0857. The van der Waals surface area contributed by atoms with Crippen molar-refractivity contribution in [2.24, 2.45) is 0 Å². The number of rotatable bonds is 2. The minimum absolute atomic E-state index is 0.0848. The van der Waals surface area contributed by atoms with Gasteiger partial charge < -0.3 is 0 Å². The van der Waals surface area contributed by atoms with Gasteiger partial charge in [-0.3, -0.25) is 0 Å². The lowest BCUT2D eigenvalue weighted by molar-refractivity contribution is 0.660. The molecule has 0 fully saturated rings. The van der Waals surface area contributed by atoms with Gasteiger partial charge in [-0.1, -0.05) is 198 Å². The van der Waals surface area contributed by atoms with Crippen LogP contribution in [0.4, 0.5) is 0 Å². The smallest absolute Gasteiger partial charge is 0.0158 e. The van der Waals surface area contributed by atoms with E-state index < -0.39 is 0 Å². The van der Waals surface area contributed by atoms with Crippen molar-refractivity contribution in [3.63, 3.8) is 0 Å². The molecule has 0 heterocycles. The first-order valence-corrected chi connectivity index (χ1v) is 25.1. The largest absolute Gasteiger partial charge is 0.0619 e. The summed E-state index contributed by atoms with van der Waals surface area (Å²) in [5.41, 5.74) is 16.0. The average Bonchev–Trinajstić information content (AvgIpc) is 4.05. The van der Waals surface area contributed by atoms with E-state index in [-0.39, 0.29) is 10.8 Å². The molecule has 0 heteroatoms. The minimum Gasteiger partial charge on any atom is -0.0619 e. The molecule has 0 saturated heterocycles. The Labute approximate surface area is 405 Å². The summed E-state index contributed by atoms with van der Waals surface area (Å²) in [6.45, 7) is 9.57. The van der Waals surface area contributed by atoms with Crippen molar-refractivity contribution >= 4 is 108 Å². The quantitative estimate of drug-likeness (QED) is 0.120. The second-order valence-corrected chi connectivity index (χ2v) is 21.8. The summed E-state index contributed by atoms with van der Waals surface area (Å²) in [6, 6.07) is 75.6. The van der Waals surface area contributed by atoms with Crippen LogP contribution >= 0.6 is 0 Å². The topological polar surface area (TPSA) is 0 Å². The molecule has 0 aliphatic heterocycles. The molecular weight excluding hydrogens is 841 g/mol. The van der Waals surface area contributed by atoms with Crippen LogP contribution in [0.3, 0.4) is 0 Å². The van der Waals surface area contributed by atoms with Gasteiger partial charge in [-0.2, -0.15) is 0 Å². The van der Waals surface area contributed by atoms with Crippen LogP contribution in [0.15, 0.2) is 194 Å². The van der Waals surface area contributed by atoms with Gasteiger partial charge in [0.1, 0.15) is 0 Å². The molecule has 0 bridgehead atoms. The Balaban J connectivity index is 1.09. The minimum atomic E-state index is -0.0848. The summed E-state index contributed by atoms with van der Waals surface area (Å²) in [6.07, 6.45) is 0. The highest BCUT2D eigenvalue weighted by Crippen LogP contribution is 2.57. The lowest BCUT2D eigenvalue weighted by Crippen LogP contribution is -2.14. The van der Waals surface area contributed by atoms with E-state index in [9.17, 15) is 0 Å². The molecule has 0 unspecified atom stereocenters. The van der Waals surface area contributed by atoms with Crippen molar-refractivity contribution in [1.29, 1.82) is 0 Å². The first-order valence-electron chi connectivity index (χ1n) is 25.1. The molecule has 0 atom stereocenters. The predicted octanol–water partition coefficient (Wildman–Crippen LogP) is 19.5. The molecule has 0 spiro atoms. The van der Waals surface area contributed by atoms with Crippen LogP contribution < -0.4 is 0 Å². The van der Waals surface area contributed by atoms with Gasteiger partial charge in [0.25, 0.3) is 0 Å². The van der Waals surface area contributed by atoms with Gasteiger partial charge in [0.05, 0.1) is 0 Å². The molecule has 0 nitrogen and oxygen atoms in total. The first-order chi connectivity index (χ1) is 34.3. The average molecular weight is 885 g/mol. The van der Waals surface area contributed by atoms with Gasteiger partial charge in [-0.25, -0.2) is 0 Å². The number of fused-ring (bicyclic) bond motifs is 15. The molecule has 0 amide bonds. The Morgan fingerprint density at radius 3 is 1.03 bits per heavy atom. The summed E-state index contributed by atoms with van der Waals surface area (Å²) in [5, 5.41) is 26.7. The van der Waals surface area contributed by atoms with E-state index in [1.165, 1.54) is 174 Å². The van der Waals surface area contributed by atoms with Crippen LogP contribution in [0.25, 0.3) is 152 Å². The summed E-state index contributed by atoms with van der Waals surface area (Å²) in [7, 11) is 0. The van der Waals surface area contributed by atoms with Crippen molar-refractivity contribution in [3.05, 3.63) is 216 Å². The zero-order valence-corrected chi connectivity index (χ0v) is 39.5. The second kappa shape index (κ2) is 12.5. The SMILES string of the molecule is CC1(C)c2ccccc2-c2cc(-c3c4cc5c(cc4c(-c4ccc6c(c4)-c4ccccc4C6(C)C)c4c6cccc7cccc(c34)c76)c3ccc4c6cccc7cccc(c8ccc5c3c84)c76)ccc21. The van der Waals surface area contributed by atoms with E-state index in [1.54, 1.807) is 0 Å². The summed E-state index contributed by atoms with van der Waals surface area (Å²) < 4.78 is 0. The van der Waals surface area contributed by atoms with Gasteiger partial charge >= 0.3 is 0 Å². The third-order valence-corrected chi connectivity index (χ3v) is 17.9. The Morgan fingerprint density at radius 2 is 0.586 bits per heavy atom. The van der Waals surface area contributed by atoms with Crippen LogP contribution in [-0.2, 0) is 10.8 Å². The summed E-state index contributed by atoms with van der Waals surface area (Å²) in [5.74, 6) is 0. The van der Waals surface area contributed by atoms with Crippen LogP contribution in [0.1, 0.15) is 49.9 Å². The standard InChI is InChI=1S/C70H44/c1-69(2)57-23-7-5-17-41(57)53-33-39(25-31-59(53)69)63-55-35-51-47-29-27-45-43-19-9-13-37-14-10-20-44(61(37)43)46-28-30-48(66(47)65(45)46)52(51)36-56(55)64(68-50-22-12-16-38-15-11-21-49(62(38)50)67(63)68)40-26-32-60-54(34-40)42-18-6-8-24-58(42)70(60,3)4/h5-36H,1-4H3. The molecule has 0 aromatic heterocycles. The number of hydrogen-bond acceptors (Lipinski definition) is 0. The predicted molar refractivity (Wildman–Crippen MR) is 301 cm³/mol. The lowest BCUT2D eigenvalue weighted by Gasteiger charge is -2.22. The van der Waals surface area contributed by atoms with E-state index >= 15 is 0 Å². The van der Waals surface area contributed by atoms with Gasteiger partial charge in [-0.05, 0) is 199 Å². The first kappa shape index (κ1) is 37.6. The highest BCUT2D eigenvalue weighted by atomic mass is 14.4. The highest BCUT2D eigenvalue weighted by Gasteiger charge is 2.37. The zero-order valence-electron chi connectivity index (χ0n) is 39.5. The lowest BCUT2D eigenvalue weighted by atomic mass is 9.80. The van der Waals surface area contributed by atoms with Gasteiger partial charge in [0.2, 0.25) is 0 Å². The van der Waals surface area contributed by atoms with E-state index in [0.29, 0.717) is 0 Å². The van der Waals surface area contributed by atoms with E-state index in [0.717, 1.165) is 0 Å². The molecule has 15 aromatic carbocycles. The van der Waals surface area contributed by atoms with Crippen molar-refractivity contribution in [2.45, 2.75) is 38.5 Å². The fourth-order valence-electron chi connectivity index (χ4n) is 14.8. The maximum atomic E-state index is 2.61. The van der Waals surface area contributed by atoms with Crippen LogP contribution in [0, 0.1) is 0 Å². The molecule has 0 saturated carbocycles. The van der Waals surface area contributed by atoms with Crippen molar-refractivity contribution < 1.29 is 0 Å². The summed E-state index contributed by atoms with van der Waals surface area (Å²) >= 11 is 0. The normalized spacial score (nSPS) is 14.8. The van der Waals surface area contributed by atoms with Crippen molar-refractivity contribution in [1.82, 2.24) is 0 Å². The maximum Gasteiger partial charge on any atom is 0.0158 e. The van der Waals surface area contributed by atoms with Crippen LogP contribution in [0.2, 0.25) is 0 Å². The third kappa shape index (κ3) is 4.34. The Morgan fingerprint density at radius 1 is 0.229 bits per heavy atom. The molecule has 15 aromatic rings. The summed E-state index contributed by atoms with van der Waals surface area (Å²) in [4.78, 5) is 0. The molecule has 0 N–H and O–H groups in total. The zero-order chi connectivity index (χ0) is 46.1. The van der Waals surface area contributed by atoms with Crippen molar-refractivity contribution in [2.75, 3.05) is 0 Å². The third-order valence-electron chi connectivity index (χ3n) is 17.9. The van der Waals surface area contributed by atoms with Crippen molar-refractivity contribution in [3.8, 4) is 44.5 Å². The van der Waals surface area contributed by atoms with Crippen LogP contribution in [-0.4, -0.2) is 0 Å². The number of hydrogen-bond donors (Lipinski definition) is 0. The van der Waals surface area contributed by atoms with E-state index in [4.69, 9.17) is 0 Å². The molecule has 2 aliphatic rings. The Hall–Kier alpha value is -8.32. The van der Waals surface area contributed by atoms with E-state index in [1.807, 2.05) is 0 Å². The van der Waals surface area contributed by atoms with Gasteiger partial charge in [0, 0.05) is 10.8 Å². The van der Waals surface area contributed by atoms with Crippen LogP contribution in [0.5, 0.6) is 0 Å². The van der Waals surface area contributed by atoms with Gasteiger partial charge in [0.15, 0.2) is 0 Å². The molecule has 0 radical (unpaired) electrons. The Bertz CT molecular complexity index is 4570. The Kier molecular flexibility index (Phi) is 6.70. The number of benzene rings is 13. The second-order valence-electron chi connectivity index (χ2n) is 21.8. The van der Waals surface area contributed by atoms with E-state index in [2.05, 4.69) is 222 Å². The molecular formula is C70H44. The molecule has 324 valence electrons. The molecule has 70 heavy (non-hydrogen) atoms. The maximum absolute atomic E-state index is 2.61. The molecule has 17 rings (SSSR count). The fourth-order valence-corrected chi connectivity index (χ4v) is 14.8. The van der Waals surface area contributed by atoms with Gasteiger partial charge in [-0.15, -0.1) is 0 Å². The molecule has 2 aliphatic carbocycles.